The predicted octanol–water partition coefficient (Wildman–Crippen LogP) is 4.62. The minimum atomic E-state index is 0.807. The summed E-state index contributed by atoms with van der Waals surface area (Å²) in [5.41, 5.74) is 0. The van der Waals surface area contributed by atoms with Crippen molar-refractivity contribution in [3.8, 4) is 0 Å². The molecule has 0 aromatic heterocycles. The summed E-state index contributed by atoms with van der Waals surface area (Å²) in [6, 6.07) is 0.807. The second kappa shape index (κ2) is 6.93. The Labute approximate surface area is 114 Å². The lowest BCUT2D eigenvalue weighted by molar-refractivity contribution is 0.0643. The maximum Gasteiger partial charge on any atom is 0.00979 e. The molecule has 5 unspecified atom stereocenters. The van der Waals surface area contributed by atoms with E-state index in [4.69, 9.17) is 0 Å². The highest BCUT2D eigenvalue weighted by Crippen LogP contribution is 2.47. The summed E-state index contributed by atoms with van der Waals surface area (Å²) >= 11 is 0. The number of rotatable bonds is 5. The Balaban J connectivity index is 2.05. The molecule has 2 fully saturated rings. The molecule has 106 valence electrons. The van der Waals surface area contributed by atoms with Crippen LogP contribution >= 0.6 is 0 Å². The van der Waals surface area contributed by atoms with Gasteiger partial charge in [-0.1, -0.05) is 33.6 Å². The summed E-state index contributed by atoms with van der Waals surface area (Å²) < 4.78 is 0. The predicted molar refractivity (Wildman–Crippen MR) is 79.7 cm³/mol. The van der Waals surface area contributed by atoms with Gasteiger partial charge in [0.1, 0.15) is 0 Å². The Bertz CT molecular complexity index is 236. The summed E-state index contributed by atoms with van der Waals surface area (Å²) in [6.45, 7) is 8.20. The van der Waals surface area contributed by atoms with Gasteiger partial charge < -0.3 is 5.32 Å². The fourth-order valence-electron chi connectivity index (χ4n) is 4.58. The van der Waals surface area contributed by atoms with Gasteiger partial charge in [0.05, 0.1) is 0 Å². The van der Waals surface area contributed by atoms with Crippen LogP contribution in [0.25, 0.3) is 0 Å². The number of hydrogen-bond donors (Lipinski definition) is 1. The second-order valence-electron chi connectivity index (χ2n) is 6.70. The van der Waals surface area contributed by atoms with Crippen molar-refractivity contribution >= 4 is 0 Å². The monoisotopic (exact) mass is 251 g/mol. The molecule has 0 amide bonds. The van der Waals surface area contributed by atoms with Gasteiger partial charge in [-0.3, -0.25) is 0 Å². The topological polar surface area (TPSA) is 12.0 Å². The van der Waals surface area contributed by atoms with E-state index >= 15 is 0 Å². The number of nitrogens with one attached hydrogen (secondary N) is 1. The Morgan fingerprint density at radius 2 is 1.67 bits per heavy atom. The minimum absolute atomic E-state index is 0.807. The van der Waals surface area contributed by atoms with Crippen molar-refractivity contribution in [2.24, 2.45) is 23.7 Å². The minimum Gasteiger partial charge on any atom is -0.314 e. The van der Waals surface area contributed by atoms with Crippen LogP contribution in [-0.2, 0) is 0 Å². The van der Waals surface area contributed by atoms with Gasteiger partial charge in [0.15, 0.2) is 0 Å². The second-order valence-corrected chi connectivity index (χ2v) is 6.70. The highest BCUT2D eigenvalue weighted by Gasteiger charge is 2.38. The first-order valence-corrected chi connectivity index (χ1v) is 8.53. The summed E-state index contributed by atoms with van der Waals surface area (Å²) in [6.07, 6.45) is 11.7. The fourth-order valence-corrected chi connectivity index (χ4v) is 4.58. The molecular formula is C17H33N. The van der Waals surface area contributed by atoms with Crippen LogP contribution < -0.4 is 5.32 Å². The number of fused-ring (bicyclic) bond motifs is 1. The van der Waals surface area contributed by atoms with Crippen LogP contribution in [0.3, 0.4) is 0 Å². The van der Waals surface area contributed by atoms with Crippen molar-refractivity contribution in [3.63, 3.8) is 0 Å². The fraction of sp³-hybridized carbons (Fsp3) is 1.00. The Morgan fingerprint density at radius 3 is 2.22 bits per heavy atom. The molecule has 0 saturated heterocycles. The van der Waals surface area contributed by atoms with Crippen molar-refractivity contribution in [2.75, 3.05) is 6.54 Å². The SMILES string of the molecule is CCCC1C(CC)CC2CCC2CCC1NCC. The summed E-state index contributed by atoms with van der Waals surface area (Å²) in [7, 11) is 0. The normalized spacial score (nSPS) is 40.5. The third-order valence-electron chi connectivity index (χ3n) is 5.76. The Kier molecular flexibility index (Phi) is 5.54. The zero-order chi connectivity index (χ0) is 13.0. The molecule has 1 N–H and O–H groups in total. The van der Waals surface area contributed by atoms with E-state index in [-0.39, 0.29) is 0 Å². The molecule has 0 aliphatic heterocycles. The molecule has 0 aromatic carbocycles. The van der Waals surface area contributed by atoms with E-state index in [1.807, 2.05) is 0 Å². The Hall–Kier alpha value is -0.0400. The van der Waals surface area contributed by atoms with Gasteiger partial charge >= 0.3 is 0 Å². The average Bonchev–Trinajstić information content (AvgIpc) is 2.35. The van der Waals surface area contributed by atoms with Crippen molar-refractivity contribution in [1.82, 2.24) is 5.32 Å². The van der Waals surface area contributed by atoms with Gasteiger partial charge in [-0.05, 0) is 68.7 Å². The number of hydrogen-bond acceptors (Lipinski definition) is 1. The maximum absolute atomic E-state index is 3.81. The molecule has 18 heavy (non-hydrogen) atoms. The van der Waals surface area contributed by atoms with E-state index in [9.17, 15) is 0 Å². The molecule has 2 aliphatic rings. The first-order valence-electron chi connectivity index (χ1n) is 8.53. The van der Waals surface area contributed by atoms with E-state index < -0.39 is 0 Å². The van der Waals surface area contributed by atoms with Crippen LogP contribution in [0.15, 0.2) is 0 Å². The molecule has 0 spiro atoms. The molecule has 5 atom stereocenters. The van der Waals surface area contributed by atoms with Crippen LogP contribution in [0.1, 0.15) is 72.1 Å². The lowest BCUT2D eigenvalue weighted by Crippen LogP contribution is -2.44. The molecule has 0 radical (unpaired) electrons. The zero-order valence-electron chi connectivity index (χ0n) is 12.8. The molecule has 2 aliphatic carbocycles. The molecule has 1 nitrogen and oxygen atoms in total. The van der Waals surface area contributed by atoms with Crippen LogP contribution in [0, 0.1) is 23.7 Å². The average molecular weight is 251 g/mol. The highest BCUT2D eigenvalue weighted by molar-refractivity contribution is 4.91. The van der Waals surface area contributed by atoms with Gasteiger partial charge in [0, 0.05) is 6.04 Å². The quantitative estimate of drug-likeness (QED) is 0.752. The van der Waals surface area contributed by atoms with Crippen molar-refractivity contribution in [2.45, 2.75) is 78.2 Å². The smallest absolute Gasteiger partial charge is 0.00979 e. The van der Waals surface area contributed by atoms with Gasteiger partial charge in [-0.2, -0.15) is 0 Å². The van der Waals surface area contributed by atoms with Gasteiger partial charge in [0.2, 0.25) is 0 Å². The van der Waals surface area contributed by atoms with E-state index in [2.05, 4.69) is 26.1 Å². The first kappa shape index (κ1) is 14.4. The molecule has 2 rings (SSSR count). The molecule has 2 saturated carbocycles. The van der Waals surface area contributed by atoms with Crippen LogP contribution in [-0.4, -0.2) is 12.6 Å². The molecule has 0 heterocycles. The van der Waals surface area contributed by atoms with Crippen LogP contribution in [0.4, 0.5) is 0 Å². The molecular weight excluding hydrogens is 218 g/mol. The highest BCUT2D eigenvalue weighted by atomic mass is 14.9. The Morgan fingerprint density at radius 1 is 0.944 bits per heavy atom. The van der Waals surface area contributed by atoms with Crippen molar-refractivity contribution in [3.05, 3.63) is 0 Å². The molecule has 1 heteroatoms. The summed E-state index contributed by atoms with van der Waals surface area (Å²) in [5.74, 6) is 4.11. The molecule has 0 aromatic rings. The summed E-state index contributed by atoms with van der Waals surface area (Å²) in [5, 5.41) is 3.81. The van der Waals surface area contributed by atoms with Crippen LogP contribution in [0.2, 0.25) is 0 Å². The zero-order valence-corrected chi connectivity index (χ0v) is 12.8. The third-order valence-corrected chi connectivity index (χ3v) is 5.76. The van der Waals surface area contributed by atoms with Crippen molar-refractivity contribution in [1.29, 1.82) is 0 Å². The van der Waals surface area contributed by atoms with E-state index in [1.54, 1.807) is 0 Å². The lowest BCUT2D eigenvalue weighted by atomic mass is 9.62. The van der Waals surface area contributed by atoms with E-state index in [1.165, 1.54) is 51.4 Å². The van der Waals surface area contributed by atoms with Gasteiger partial charge in [-0.15, -0.1) is 0 Å². The first-order chi connectivity index (χ1) is 8.80. The third kappa shape index (κ3) is 3.10. The molecule has 0 bridgehead atoms. The van der Waals surface area contributed by atoms with Gasteiger partial charge in [0.25, 0.3) is 0 Å². The van der Waals surface area contributed by atoms with Crippen LogP contribution in [0.5, 0.6) is 0 Å². The van der Waals surface area contributed by atoms with E-state index in [0.717, 1.165) is 36.3 Å². The van der Waals surface area contributed by atoms with Crippen molar-refractivity contribution < 1.29 is 0 Å². The van der Waals surface area contributed by atoms with E-state index in [0.29, 0.717) is 0 Å². The summed E-state index contributed by atoms with van der Waals surface area (Å²) in [4.78, 5) is 0. The largest absolute Gasteiger partial charge is 0.314 e. The lowest BCUT2D eigenvalue weighted by Gasteiger charge is -2.46. The standard InChI is InChI=1S/C17H33N/c1-4-7-16-13(5-2)12-15-9-8-14(15)10-11-17(16)18-6-3/h13-18H,4-12H2,1-3H3. The maximum atomic E-state index is 3.81. The van der Waals surface area contributed by atoms with Gasteiger partial charge in [-0.25, -0.2) is 0 Å².